The van der Waals surface area contributed by atoms with Crippen LogP contribution in [0, 0.1) is 14.9 Å². The Hall–Kier alpha value is -0.740. The van der Waals surface area contributed by atoms with Gasteiger partial charge in [-0.05, 0) is 41.1 Å². The minimum absolute atomic E-state index is 0.126. The third-order valence-corrected chi connectivity index (χ3v) is 3.88. The lowest BCUT2D eigenvalue weighted by molar-refractivity contribution is -0.142. The smallest absolute Gasteiger partial charge is 0.310 e. The fourth-order valence-corrected chi connectivity index (χ4v) is 2.07. The van der Waals surface area contributed by atoms with E-state index in [1.165, 1.54) is 0 Å². The van der Waals surface area contributed by atoms with E-state index in [2.05, 4.69) is 18.7 Å². The van der Waals surface area contributed by atoms with Gasteiger partial charge in [-0.3, -0.25) is 4.79 Å². The molecule has 0 spiro atoms. The predicted molar refractivity (Wildman–Crippen MR) is 71.5 cm³/mol. The van der Waals surface area contributed by atoms with Gasteiger partial charge in [0.05, 0.1) is 18.6 Å². The highest BCUT2D eigenvalue weighted by molar-refractivity contribution is 14.1. The first-order valence-electron chi connectivity index (χ1n) is 4.66. The zero-order valence-electron chi connectivity index (χ0n) is 8.66. The fraction of sp³-hybridized carbons (Fsp3) is 0.273. The van der Waals surface area contributed by atoms with Crippen molar-refractivity contribution in [2.24, 2.45) is 0 Å². The number of hydrogen-bond donors (Lipinski definition) is 1. The fourth-order valence-electron chi connectivity index (χ4n) is 1.24. The quantitative estimate of drug-likeness (QED) is 0.519. The second kappa shape index (κ2) is 6.11. The number of carbonyl (C=O) groups is 1. The number of hydrogen-bond acceptors (Lipinski definition) is 4. The van der Waals surface area contributed by atoms with Crippen molar-refractivity contribution >= 4 is 41.2 Å². The largest absolute Gasteiger partial charge is 0.466 e. The van der Waals surface area contributed by atoms with Crippen molar-refractivity contribution in [1.29, 1.82) is 5.26 Å². The first-order chi connectivity index (χ1) is 7.60. The lowest BCUT2D eigenvalue weighted by Crippen LogP contribution is -2.09. The molecule has 0 amide bonds. The summed E-state index contributed by atoms with van der Waals surface area (Å²) in [4.78, 5) is 12.1. The van der Waals surface area contributed by atoms with Crippen LogP contribution in [0.5, 0.6) is 0 Å². The minimum atomic E-state index is -0.318. The van der Waals surface area contributed by atoms with Crippen LogP contribution in [-0.2, 0) is 16.0 Å². The minimum Gasteiger partial charge on any atom is -0.466 e. The van der Waals surface area contributed by atoms with E-state index >= 15 is 0 Å². The number of benzene rings is 1. The van der Waals surface area contributed by atoms with Crippen LogP contribution in [0.3, 0.4) is 0 Å². The maximum absolute atomic E-state index is 11.3. The molecule has 5 heteroatoms. The molecule has 0 saturated carbocycles. The van der Waals surface area contributed by atoms with E-state index in [1.807, 2.05) is 22.6 Å². The van der Waals surface area contributed by atoms with Crippen molar-refractivity contribution in [3.8, 4) is 6.07 Å². The first-order valence-corrected chi connectivity index (χ1v) is 6.18. The zero-order chi connectivity index (χ0) is 12.1. The number of esters is 1. The molecule has 1 aromatic rings. The highest BCUT2D eigenvalue weighted by Gasteiger charge is 2.12. The van der Waals surface area contributed by atoms with Crippen molar-refractivity contribution in [3.05, 3.63) is 26.8 Å². The molecule has 0 aliphatic carbocycles. The Labute approximate surface area is 113 Å². The summed E-state index contributed by atoms with van der Waals surface area (Å²) < 4.78 is 5.61. The SMILES string of the molecule is CCOC(=O)Cc1ccc(S)c(I)c1C#N. The molecule has 84 valence electrons. The molecule has 0 fully saturated rings. The Balaban J connectivity index is 3.02. The van der Waals surface area contributed by atoms with E-state index in [4.69, 9.17) is 10.00 Å². The highest BCUT2D eigenvalue weighted by atomic mass is 127. The van der Waals surface area contributed by atoms with Gasteiger partial charge in [-0.1, -0.05) is 6.07 Å². The van der Waals surface area contributed by atoms with Crippen molar-refractivity contribution < 1.29 is 9.53 Å². The molecule has 1 rings (SSSR count). The molecule has 0 atom stereocenters. The average Bonchev–Trinajstić information content (AvgIpc) is 2.24. The van der Waals surface area contributed by atoms with Crippen LogP contribution in [-0.4, -0.2) is 12.6 Å². The van der Waals surface area contributed by atoms with E-state index in [9.17, 15) is 4.79 Å². The maximum atomic E-state index is 11.3. The second-order valence-corrected chi connectivity index (χ2v) is 4.59. The zero-order valence-corrected chi connectivity index (χ0v) is 11.7. The molecule has 0 aromatic heterocycles. The molecule has 3 nitrogen and oxygen atoms in total. The summed E-state index contributed by atoms with van der Waals surface area (Å²) in [7, 11) is 0. The Morgan fingerprint density at radius 2 is 2.31 bits per heavy atom. The Morgan fingerprint density at radius 3 is 2.88 bits per heavy atom. The topological polar surface area (TPSA) is 50.1 Å². The van der Waals surface area contributed by atoms with Gasteiger partial charge in [0.2, 0.25) is 0 Å². The van der Waals surface area contributed by atoms with Crippen LogP contribution in [0.25, 0.3) is 0 Å². The van der Waals surface area contributed by atoms with Gasteiger partial charge in [0.15, 0.2) is 0 Å². The van der Waals surface area contributed by atoms with Gasteiger partial charge in [-0.25, -0.2) is 0 Å². The van der Waals surface area contributed by atoms with E-state index in [0.717, 1.165) is 8.47 Å². The van der Waals surface area contributed by atoms with E-state index < -0.39 is 0 Å². The second-order valence-electron chi connectivity index (χ2n) is 3.03. The molecule has 0 aliphatic heterocycles. The summed E-state index contributed by atoms with van der Waals surface area (Å²) in [5.41, 5.74) is 1.18. The lowest BCUT2D eigenvalue weighted by atomic mass is 10.1. The predicted octanol–water partition coefficient (Wildman–Crippen LogP) is 2.56. The number of rotatable bonds is 3. The van der Waals surface area contributed by atoms with Crippen molar-refractivity contribution in [2.45, 2.75) is 18.2 Å². The molecule has 0 heterocycles. The van der Waals surface area contributed by atoms with Crippen LogP contribution >= 0.6 is 35.2 Å². The molecule has 0 radical (unpaired) electrons. The van der Waals surface area contributed by atoms with Gasteiger partial charge < -0.3 is 4.74 Å². The standard InChI is InChI=1S/C11H10INO2S/c1-2-15-10(14)5-7-3-4-9(16)11(12)8(7)6-13/h3-4,16H,2,5H2,1H3. The molecule has 1 aromatic carbocycles. The van der Waals surface area contributed by atoms with Crippen molar-refractivity contribution in [3.63, 3.8) is 0 Å². The van der Waals surface area contributed by atoms with Crippen molar-refractivity contribution in [1.82, 2.24) is 0 Å². The summed E-state index contributed by atoms with van der Waals surface area (Å²) in [5, 5.41) is 9.03. The number of halogens is 1. The van der Waals surface area contributed by atoms with Gasteiger partial charge in [0, 0.05) is 8.47 Å². The average molecular weight is 347 g/mol. The molecule has 0 aliphatic rings. The first kappa shape index (κ1) is 13.3. The molecule has 0 N–H and O–H groups in total. The third-order valence-electron chi connectivity index (χ3n) is 1.96. The number of nitrogens with zero attached hydrogens (tertiary/aromatic N) is 1. The molecule has 16 heavy (non-hydrogen) atoms. The normalized spacial score (nSPS) is 9.62. The number of nitriles is 1. The lowest BCUT2D eigenvalue weighted by Gasteiger charge is -2.07. The molecule has 0 bridgehead atoms. The van der Waals surface area contributed by atoms with Gasteiger partial charge in [0.25, 0.3) is 0 Å². The van der Waals surface area contributed by atoms with E-state index in [0.29, 0.717) is 17.7 Å². The van der Waals surface area contributed by atoms with Crippen LogP contribution < -0.4 is 0 Å². The third kappa shape index (κ3) is 3.12. The monoisotopic (exact) mass is 347 g/mol. The molecular formula is C11H10INO2S. The van der Waals surface area contributed by atoms with Crippen LogP contribution in [0.2, 0.25) is 0 Å². The maximum Gasteiger partial charge on any atom is 0.310 e. The van der Waals surface area contributed by atoms with Gasteiger partial charge in [-0.2, -0.15) is 5.26 Å². The summed E-state index contributed by atoms with van der Waals surface area (Å²) in [6, 6.07) is 5.60. The Kier molecular flexibility index (Phi) is 5.09. The van der Waals surface area contributed by atoms with Crippen molar-refractivity contribution in [2.75, 3.05) is 6.61 Å². The van der Waals surface area contributed by atoms with E-state index in [-0.39, 0.29) is 12.4 Å². The van der Waals surface area contributed by atoms with Crippen LogP contribution in [0.15, 0.2) is 17.0 Å². The number of carbonyl (C=O) groups excluding carboxylic acids is 1. The van der Waals surface area contributed by atoms with Crippen LogP contribution in [0.1, 0.15) is 18.1 Å². The molecular weight excluding hydrogens is 337 g/mol. The van der Waals surface area contributed by atoms with E-state index in [1.54, 1.807) is 19.1 Å². The summed E-state index contributed by atoms with van der Waals surface area (Å²) >= 11 is 6.27. The number of ether oxygens (including phenoxy) is 1. The molecule has 0 unspecified atom stereocenters. The summed E-state index contributed by atoms with van der Waals surface area (Å²) in [6.45, 7) is 2.10. The Bertz CT molecular complexity index is 454. The highest BCUT2D eigenvalue weighted by Crippen LogP contribution is 2.24. The van der Waals surface area contributed by atoms with Gasteiger partial charge in [0.1, 0.15) is 6.07 Å². The summed E-state index contributed by atoms with van der Waals surface area (Å²) in [6.07, 6.45) is 0.126. The summed E-state index contributed by atoms with van der Waals surface area (Å²) in [5.74, 6) is -0.318. The van der Waals surface area contributed by atoms with Crippen LogP contribution in [0.4, 0.5) is 0 Å². The van der Waals surface area contributed by atoms with Gasteiger partial charge >= 0.3 is 5.97 Å². The van der Waals surface area contributed by atoms with Gasteiger partial charge in [-0.15, -0.1) is 12.6 Å². The Morgan fingerprint density at radius 1 is 1.62 bits per heavy atom. The number of thiol groups is 1. The molecule has 0 saturated heterocycles.